The molecular weight excluding hydrogens is 349 g/mol. The van der Waals surface area contributed by atoms with E-state index in [1.54, 1.807) is 48.5 Å². The molecule has 0 aromatic heterocycles. The van der Waals surface area contributed by atoms with E-state index in [1.807, 2.05) is 0 Å². The molecular formula is C18H13Cl2NO3. The summed E-state index contributed by atoms with van der Waals surface area (Å²) < 4.78 is 4.91. The van der Waals surface area contributed by atoms with Crippen LogP contribution in [0.4, 0.5) is 10.5 Å². The minimum atomic E-state index is -0.397. The first-order valence-corrected chi connectivity index (χ1v) is 8.02. The number of amides is 1. The Kier molecular flexibility index (Phi) is 4.88. The molecule has 122 valence electrons. The highest BCUT2D eigenvalue weighted by Gasteiger charge is 2.23. The van der Waals surface area contributed by atoms with Gasteiger partial charge in [0.1, 0.15) is 6.61 Å². The molecule has 0 aliphatic carbocycles. The Hall–Kier alpha value is -2.30. The molecule has 1 amide bonds. The normalized spacial score (nSPS) is 14.2. The lowest BCUT2D eigenvalue weighted by Gasteiger charge is -2.13. The van der Waals surface area contributed by atoms with Crippen molar-refractivity contribution >= 4 is 46.8 Å². The van der Waals surface area contributed by atoms with Crippen molar-refractivity contribution in [1.29, 1.82) is 0 Å². The second-order valence-electron chi connectivity index (χ2n) is 5.19. The second-order valence-corrected chi connectivity index (χ2v) is 6.00. The largest absolute Gasteiger partial charge is 0.447 e. The summed E-state index contributed by atoms with van der Waals surface area (Å²) >= 11 is 11.8. The average molecular weight is 362 g/mol. The van der Waals surface area contributed by atoms with Crippen LogP contribution in [0.25, 0.3) is 6.08 Å². The van der Waals surface area contributed by atoms with E-state index in [0.29, 0.717) is 34.4 Å². The van der Waals surface area contributed by atoms with Crippen LogP contribution in [0, 0.1) is 0 Å². The van der Waals surface area contributed by atoms with Crippen LogP contribution in [0.2, 0.25) is 10.0 Å². The highest BCUT2D eigenvalue weighted by Crippen LogP contribution is 2.24. The van der Waals surface area contributed by atoms with Gasteiger partial charge in [0.25, 0.3) is 0 Å². The number of benzene rings is 2. The number of halogens is 2. The molecule has 1 saturated heterocycles. The number of anilines is 1. The maximum atomic E-state index is 12.3. The fourth-order valence-electron chi connectivity index (χ4n) is 2.34. The Labute approximate surface area is 149 Å². The molecule has 1 heterocycles. The molecule has 24 heavy (non-hydrogen) atoms. The lowest BCUT2D eigenvalue weighted by atomic mass is 10.1. The summed E-state index contributed by atoms with van der Waals surface area (Å²) in [5.41, 5.74) is 1.91. The molecule has 1 aliphatic heterocycles. The van der Waals surface area contributed by atoms with Crippen LogP contribution in [0.5, 0.6) is 0 Å². The molecule has 0 N–H and O–H groups in total. The minimum absolute atomic E-state index is 0.171. The number of rotatable bonds is 4. The maximum Gasteiger partial charge on any atom is 0.414 e. The zero-order valence-electron chi connectivity index (χ0n) is 12.5. The van der Waals surface area contributed by atoms with Gasteiger partial charge in [0.2, 0.25) is 0 Å². The molecule has 0 saturated carbocycles. The highest BCUT2D eigenvalue weighted by atomic mass is 35.5. The van der Waals surface area contributed by atoms with Gasteiger partial charge in [0.15, 0.2) is 5.78 Å². The van der Waals surface area contributed by atoms with Crippen molar-refractivity contribution in [2.75, 3.05) is 18.1 Å². The van der Waals surface area contributed by atoms with Crippen molar-refractivity contribution < 1.29 is 14.3 Å². The molecule has 0 bridgehead atoms. The quantitative estimate of drug-likeness (QED) is 0.577. The maximum absolute atomic E-state index is 12.3. The Morgan fingerprint density at radius 3 is 2.67 bits per heavy atom. The van der Waals surface area contributed by atoms with Crippen molar-refractivity contribution in [1.82, 2.24) is 0 Å². The summed E-state index contributed by atoms with van der Waals surface area (Å²) in [6.45, 7) is 0.837. The van der Waals surface area contributed by atoms with Gasteiger partial charge in [-0.05, 0) is 35.9 Å². The van der Waals surface area contributed by atoms with E-state index in [1.165, 1.54) is 11.0 Å². The van der Waals surface area contributed by atoms with Crippen LogP contribution in [-0.4, -0.2) is 25.0 Å². The molecule has 3 rings (SSSR count). The second kappa shape index (κ2) is 7.07. The zero-order chi connectivity index (χ0) is 17.1. The first-order chi connectivity index (χ1) is 11.5. The van der Waals surface area contributed by atoms with E-state index in [-0.39, 0.29) is 5.78 Å². The van der Waals surface area contributed by atoms with Gasteiger partial charge in [-0.25, -0.2) is 4.79 Å². The molecule has 0 radical (unpaired) electrons. The Bertz CT molecular complexity index is 833. The molecule has 0 atom stereocenters. The van der Waals surface area contributed by atoms with Crippen molar-refractivity contribution in [3.05, 3.63) is 69.7 Å². The van der Waals surface area contributed by atoms with Crippen molar-refractivity contribution in [3.63, 3.8) is 0 Å². The molecule has 1 aliphatic rings. The summed E-state index contributed by atoms with van der Waals surface area (Å²) in [6, 6.07) is 12.0. The van der Waals surface area contributed by atoms with Crippen molar-refractivity contribution in [3.8, 4) is 0 Å². The van der Waals surface area contributed by atoms with Gasteiger partial charge in [-0.2, -0.15) is 0 Å². The monoisotopic (exact) mass is 361 g/mol. The number of hydrogen-bond acceptors (Lipinski definition) is 3. The predicted octanol–water partition coefficient (Wildman–Crippen LogP) is 4.85. The van der Waals surface area contributed by atoms with E-state index in [2.05, 4.69) is 0 Å². The molecule has 6 heteroatoms. The number of carbonyl (C=O) groups excluding carboxylic acids is 2. The van der Waals surface area contributed by atoms with E-state index < -0.39 is 6.09 Å². The van der Waals surface area contributed by atoms with Gasteiger partial charge in [0.05, 0.1) is 16.6 Å². The summed E-state index contributed by atoms with van der Waals surface area (Å²) in [5.74, 6) is -0.171. The zero-order valence-corrected chi connectivity index (χ0v) is 14.1. The fraction of sp³-hybridized carbons (Fsp3) is 0.111. The van der Waals surface area contributed by atoms with Crippen LogP contribution < -0.4 is 4.90 Å². The van der Waals surface area contributed by atoms with E-state index in [4.69, 9.17) is 27.9 Å². The van der Waals surface area contributed by atoms with Gasteiger partial charge in [0, 0.05) is 11.3 Å². The summed E-state index contributed by atoms with van der Waals surface area (Å²) in [6.07, 6.45) is 2.73. The third-order valence-electron chi connectivity index (χ3n) is 3.57. The van der Waals surface area contributed by atoms with Gasteiger partial charge in [-0.3, -0.25) is 9.69 Å². The number of ketones is 1. The van der Waals surface area contributed by atoms with Crippen LogP contribution in [0.15, 0.2) is 48.5 Å². The van der Waals surface area contributed by atoms with E-state index in [9.17, 15) is 9.59 Å². The Morgan fingerprint density at radius 2 is 1.96 bits per heavy atom. The smallest absolute Gasteiger partial charge is 0.414 e. The Morgan fingerprint density at radius 1 is 1.12 bits per heavy atom. The standard InChI is InChI=1S/C18H13Cl2NO3/c19-15-6-4-12(10-16(15)20)5-7-17(22)13-2-1-3-14(11-13)21-8-9-24-18(21)23/h1-7,10-11H,8-9H2/b7-5+. The van der Waals surface area contributed by atoms with Gasteiger partial charge >= 0.3 is 6.09 Å². The predicted molar refractivity (Wildman–Crippen MR) is 95.0 cm³/mol. The number of allylic oxidation sites excluding steroid dienone is 1. The van der Waals surface area contributed by atoms with E-state index in [0.717, 1.165) is 5.56 Å². The first kappa shape index (κ1) is 16.6. The molecule has 1 fully saturated rings. The summed E-state index contributed by atoms with van der Waals surface area (Å²) in [4.78, 5) is 25.4. The third-order valence-corrected chi connectivity index (χ3v) is 4.31. The highest BCUT2D eigenvalue weighted by molar-refractivity contribution is 6.42. The summed E-state index contributed by atoms with van der Waals surface area (Å²) in [7, 11) is 0. The molecule has 4 nitrogen and oxygen atoms in total. The summed E-state index contributed by atoms with van der Waals surface area (Å²) in [5, 5.41) is 0.895. The van der Waals surface area contributed by atoms with Crippen molar-refractivity contribution in [2.45, 2.75) is 0 Å². The lowest BCUT2D eigenvalue weighted by Crippen LogP contribution is -2.23. The Balaban J connectivity index is 1.78. The lowest BCUT2D eigenvalue weighted by molar-refractivity contribution is 0.104. The van der Waals surface area contributed by atoms with Crippen molar-refractivity contribution in [2.24, 2.45) is 0 Å². The van der Waals surface area contributed by atoms with Gasteiger partial charge in [-0.1, -0.05) is 47.5 Å². The number of carbonyl (C=O) groups is 2. The van der Waals surface area contributed by atoms with Gasteiger partial charge < -0.3 is 4.74 Å². The van der Waals surface area contributed by atoms with Crippen LogP contribution in [0.1, 0.15) is 15.9 Å². The molecule has 0 spiro atoms. The van der Waals surface area contributed by atoms with Gasteiger partial charge in [-0.15, -0.1) is 0 Å². The van der Waals surface area contributed by atoms with Crippen LogP contribution in [-0.2, 0) is 4.74 Å². The van der Waals surface area contributed by atoms with E-state index >= 15 is 0 Å². The SMILES string of the molecule is O=C(/C=C/c1ccc(Cl)c(Cl)c1)c1cccc(N2CCOC2=O)c1. The third kappa shape index (κ3) is 3.61. The number of ether oxygens (including phenoxy) is 1. The van der Waals surface area contributed by atoms with Crippen LogP contribution >= 0.6 is 23.2 Å². The molecule has 2 aromatic carbocycles. The first-order valence-electron chi connectivity index (χ1n) is 7.26. The number of hydrogen-bond donors (Lipinski definition) is 0. The van der Waals surface area contributed by atoms with Crippen LogP contribution in [0.3, 0.4) is 0 Å². The minimum Gasteiger partial charge on any atom is -0.447 e. The molecule has 0 unspecified atom stereocenters. The average Bonchev–Trinajstić information content (AvgIpc) is 3.02. The fourth-order valence-corrected chi connectivity index (χ4v) is 2.65. The number of cyclic esters (lactones) is 1. The topological polar surface area (TPSA) is 46.6 Å². The number of nitrogens with zero attached hydrogens (tertiary/aromatic N) is 1. The molecule has 2 aromatic rings.